The van der Waals surface area contributed by atoms with Gasteiger partial charge in [-0.3, -0.25) is 9.78 Å². The Bertz CT molecular complexity index is 1010. The smallest absolute Gasteiger partial charge is 0.248 e. The molecule has 0 spiro atoms. The molecule has 1 atom stereocenters. The number of nitrogens with two attached hydrogens (primary N) is 1. The van der Waals surface area contributed by atoms with Gasteiger partial charge in [-0.25, -0.2) is 4.68 Å². The highest BCUT2D eigenvalue weighted by atomic mass is 35.5. The van der Waals surface area contributed by atoms with Crippen LogP contribution in [-0.4, -0.2) is 25.7 Å². The fourth-order valence-electron chi connectivity index (χ4n) is 3.04. The average Bonchev–Trinajstić information content (AvgIpc) is 3.05. The highest BCUT2D eigenvalue weighted by molar-refractivity contribution is 6.30. The molecule has 3 N–H and O–H groups in total. The van der Waals surface area contributed by atoms with Crippen LogP contribution in [-0.2, 0) is 4.79 Å². The van der Waals surface area contributed by atoms with Crippen molar-refractivity contribution in [3.05, 3.63) is 70.6 Å². The number of nitrogens with zero attached hydrogens (tertiary/aromatic N) is 4. The molecular formula is C18H15ClN6O. The van der Waals surface area contributed by atoms with E-state index in [0.29, 0.717) is 28.1 Å². The lowest BCUT2D eigenvalue weighted by Gasteiger charge is -2.27. The summed E-state index contributed by atoms with van der Waals surface area (Å²) >= 11 is 5.95. The summed E-state index contributed by atoms with van der Waals surface area (Å²) in [4.78, 5) is 20.8. The third kappa shape index (κ3) is 2.72. The fraction of sp³-hybridized carbons (Fsp3) is 0.111. The van der Waals surface area contributed by atoms with Gasteiger partial charge in [-0.1, -0.05) is 17.7 Å². The number of fused-ring (bicyclic) bond motifs is 1. The van der Waals surface area contributed by atoms with Crippen LogP contribution < -0.4 is 11.1 Å². The van der Waals surface area contributed by atoms with E-state index in [1.807, 2.05) is 24.3 Å². The Kier molecular flexibility index (Phi) is 3.93. The zero-order valence-corrected chi connectivity index (χ0v) is 14.6. The fourth-order valence-corrected chi connectivity index (χ4v) is 3.16. The molecule has 3 aromatic rings. The van der Waals surface area contributed by atoms with Gasteiger partial charge < -0.3 is 11.1 Å². The summed E-state index contributed by atoms with van der Waals surface area (Å²) < 4.78 is 1.66. The van der Waals surface area contributed by atoms with Crippen molar-refractivity contribution in [2.24, 2.45) is 5.73 Å². The van der Waals surface area contributed by atoms with Gasteiger partial charge in [-0.2, -0.15) is 4.98 Å². The number of pyridine rings is 1. The van der Waals surface area contributed by atoms with Gasteiger partial charge in [-0.15, -0.1) is 5.10 Å². The van der Waals surface area contributed by atoms with Gasteiger partial charge in [0.25, 0.3) is 0 Å². The van der Waals surface area contributed by atoms with E-state index in [-0.39, 0.29) is 0 Å². The molecule has 2 aromatic heterocycles. The maximum atomic E-state index is 12.1. The van der Waals surface area contributed by atoms with Crippen LogP contribution in [0.5, 0.6) is 0 Å². The molecule has 3 heterocycles. The molecule has 1 aliphatic heterocycles. The maximum absolute atomic E-state index is 12.1. The number of primary amides is 1. The number of hydrogen-bond acceptors (Lipinski definition) is 5. The Hall–Kier alpha value is -3.19. The van der Waals surface area contributed by atoms with Gasteiger partial charge in [0, 0.05) is 28.7 Å². The molecule has 7 nitrogen and oxygen atoms in total. The van der Waals surface area contributed by atoms with Crippen LogP contribution in [0.1, 0.15) is 18.5 Å². The quantitative estimate of drug-likeness (QED) is 0.742. The zero-order chi connectivity index (χ0) is 18.3. The van der Waals surface area contributed by atoms with Crippen LogP contribution in [0.4, 0.5) is 5.95 Å². The minimum absolute atomic E-state index is 0.429. The first kappa shape index (κ1) is 16.3. The normalized spacial score (nSPS) is 16.2. The lowest BCUT2D eigenvalue weighted by molar-refractivity contribution is -0.115. The molecule has 4 rings (SSSR count). The number of aromatic nitrogens is 4. The number of halogens is 1. The summed E-state index contributed by atoms with van der Waals surface area (Å²) in [6, 6.07) is 10.4. The molecule has 0 saturated carbocycles. The molecule has 1 amide bonds. The Morgan fingerprint density at radius 3 is 2.69 bits per heavy atom. The van der Waals surface area contributed by atoms with Crippen LogP contribution in [0, 0.1) is 0 Å². The van der Waals surface area contributed by atoms with Gasteiger partial charge in [-0.05, 0) is 42.8 Å². The summed E-state index contributed by atoms with van der Waals surface area (Å²) in [6.45, 7) is 1.80. The van der Waals surface area contributed by atoms with E-state index in [1.54, 1.807) is 36.1 Å². The number of carbonyl (C=O) groups is 1. The van der Waals surface area contributed by atoms with E-state index in [2.05, 4.69) is 20.4 Å². The average molecular weight is 367 g/mol. The van der Waals surface area contributed by atoms with Gasteiger partial charge in [0.05, 0.1) is 5.57 Å². The zero-order valence-electron chi connectivity index (χ0n) is 13.8. The molecule has 0 saturated heterocycles. The van der Waals surface area contributed by atoms with Crippen molar-refractivity contribution in [2.45, 2.75) is 13.0 Å². The maximum Gasteiger partial charge on any atom is 0.248 e. The largest absolute Gasteiger partial charge is 0.366 e. The number of amides is 1. The minimum atomic E-state index is -0.516. The van der Waals surface area contributed by atoms with Crippen LogP contribution in [0.3, 0.4) is 0 Å². The molecule has 130 valence electrons. The third-order valence-electron chi connectivity index (χ3n) is 4.22. The first-order chi connectivity index (χ1) is 12.5. The minimum Gasteiger partial charge on any atom is -0.366 e. The second-order valence-electron chi connectivity index (χ2n) is 5.93. The topological polar surface area (TPSA) is 98.7 Å². The standard InChI is InChI=1S/C18H15ClN6O/c1-10-14(16(20)26)15(12-3-2-8-21-9-12)25-18(22-10)23-17(24-25)11-4-6-13(19)7-5-11/h2-9,15H,1H3,(H2,20,26)(H,22,23,24)/t15-/m1/s1. The monoisotopic (exact) mass is 366 g/mol. The number of anilines is 1. The predicted octanol–water partition coefficient (Wildman–Crippen LogP) is 2.77. The van der Waals surface area contributed by atoms with E-state index >= 15 is 0 Å². The summed E-state index contributed by atoms with van der Waals surface area (Å²) in [7, 11) is 0. The number of nitrogens with one attached hydrogen (secondary N) is 1. The van der Waals surface area contributed by atoms with E-state index in [1.165, 1.54) is 0 Å². The second-order valence-corrected chi connectivity index (χ2v) is 6.36. The Morgan fingerprint density at radius 2 is 2.04 bits per heavy atom. The highest BCUT2D eigenvalue weighted by Crippen LogP contribution is 2.35. The van der Waals surface area contributed by atoms with E-state index < -0.39 is 11.9 Å². The van der Waals surface area contributed by atoms with Crippen LogP contribution in [0.15, 0.2) is 60.1 Å². The lowest BCUT2D eigenvalue weighted by Crippen LogP contribution is -2.31. The molecular weight excluding hydrogens is 352 g/mol. The SMILES string of the molecule is CC1=C(C(N)=O)[C@@H](c2cccnc2)n2nc(-c3ccc(Cl)cc3)nc2N1. The summed E-state index contributed by atoms with van der Waals surface area (Å²) in [5.41, 5.74) is 8.34. The van der Waals surface area contributed by atoms with Crippen molar-refractivity contribution in [1.82, 2.24) is 19.7 Å². The van der Waals surface area contributed by atoms with Crippen molar-refractivity contribution in [3.63, 3.8) is 0 Å². The van der Waals surface area contributed by atoms with Crippen LogP contribution >= 0.6 is 11.6 Å². The molecule has 0 fully saturated rings. The molecule has 0 radical (unpaired) electrons. The van der Waals surface area contributed by atoms with Gasteiger partial charge in [0.2, 0.25) is 11.9 Å². The molecule has 0 unspecified atom stereocenters. The number of hydrogen-bond donors (Lipinski definition) is 2. The Balaban J connectivity index is 1.87. The lowest BCUT2D eigenvalue weighted by atomic mass is 9.97. The number of benzene rings is 1. The Labute approximate surface area is 154 Å². The summed E-state index contributed by atoms with van der Waals surface area (Å²) in [5.74, 6) is 0.543. The Morgan fingerprint density at radius 1 is 1.27 bits per heavy atom. The molecule has 1 aliphatic rings. The van der Waals surface area contributed by atoms with Crippen molar-refractivity contribution in [2.75, 3.05) is 5.32 Å². The molecule has 8 heteroatoms. The van der Waals surface area contributed by atoms with Crippen molar-refractivity contribution >= 4 is 23.5 Å². The number of rotatable bonds is 3. The van der Waals surface area contributed by atoms with Crippen LogP contribution in [0.25, 0.3) is 11.4 Å². The third-order valence-corrected chi connectivity index (χ3v) is 4.47. The molecule has 1 aromatic carbocycles. The van der Waals surface area contributed by atoms with Gasteiger partial charge in [0.1, 0.15) is 6.04 Å². The summed E-state index contributed by atoms with van der Waals surface area (Å²) in [5, 5.41) is 8.36. The predicted molar refractivity (Wildman–Crippen MR) is 98.4 cm³/mol. The highest BCUT2D eigenvalue weighted by Gasteiger charge is 2.33. The van der Waals surface area contributed by atoms with E-state index in [0.717, 1.165) is 11.1 Å². The molecule has 26 heavy (non-hydrogen) atoms. The van der Waals surface area contributed by atoms with Crippen LogP contribution in [0.2, 0.25) is 5.02 Å². The van der Waals surface area contributed by atoms with Gasteiger partial charge >= 0.3 is 0 Å². The molecule has 0 bridgehead atoms. The van der Waals surface area contributed by atoms with E-state index in [9.17, 15) is 4.79 Å². The van der Waals surface area contributed by atoms with Crippen molar-refractivity contribution < 1.29 is 4.79 Å². The number of allylic oxidation sites excluding steroid dienone is 1. The summed E-state index contributed by atoms with van der Waals surface area (Å²) in [6.07, 6.45) is 3.37. The first-order valence-electron chi connectivity index (χ1n) is 7.94. The van der Waals surface area contributed by atoms with Crippen molar-refractivity contribution in [3.8, 4) is 11.4 Å². The van der Waals surface area contributed by atoms with Gasteiger partial charge in [0.15, 0.2) is 5.82 Å². The molecule has 0 aliphatic carbocycles. The van der Waals surface area contributed by atoms with Crippen molar-refractivity contribution in [1.29, 1.82) is 0 Å². The first-order valence-corrected chi connectivity index (χ1v) is 8.32. The second kappa shape index (κ2) is 6.27. The van der Waals surface area contributed by atoms with E-state index in [4.69, 9.17) is 17.3 Å². The number of carbonyl (C=O) groups excluding carboxylic acids is 1.